The van der Waals surface area contributed by atoms with Crippen molar-refractivity contribution in [2.75, 3.05) is 20.1 Å². The van der Waals surface area contributed by atoms with Gasteiger partial charge in [0.25, 0.3) is 5.91 Å². The van der Waals surface area contributed by atoms with Crippen molar-refractivity contribution in [3.63, 3.8) is 0 Å². The first-order valence-electron chi connectivity index (χ1n) is 6.63. The number of hydrogen-bond acceptors (Lipinski definition) is 5. The normalized spacial score (nSPS) is 17.7. The Bertz CT molecular complexity index is 495. The van der Waals surface area contributed by atoms with Gasteiger partial charge in [0.15, 0.2) is 5.69 Å². The zero-order chi connectivity index (χ0) is 14.7. The van der Waals surface area contributed by atoms with E-state index in [1.807, 2.05) is 0 Å². The third-order valence-electron chi connectivity index (χ3n) is 3.67. The first kappa shape index (κ1) is 14.4. The fraction of sp³-hybridized carbons (Fsp3) is 0.667. The quantitative estimate of drug-likeness (QED) is 0.789. The van der Waals surface area contributed by atoms with Gasteiger partial charge in [0.1, 0.15) is 6.04 Å². The molecule has 1 unspecified atom stereocenters. The highest BCUT2D eigenvalue weighted by atomic mass is 16.4. The van der Waals surface area contributed by atoms with Crippen LogP contribution in [0.1, 0.15) is 36.3 Å². The molecule has 1 aliphatic rings. The van der Waals surface area contributed by atoms with E-state index in [-0.39, 0.29) is 11.7 Å². The number of aliphatic carboxylic acids is 1. The highest BCUT2D eigenvalue weighted by molar-refractivity contribution is 5.94. The van der Waals surface area contributed by atoms with Gasteiger partial charge >= 0.3 is 5.97 Å². The number of carboxylic acids is 1. The highest BCUT2D eigenvalue weighted by Gasteiger charge is 2.26. The van der Waals surface area contributed by atoms with Crippen molar-refractivity contribution in [1.29, 1.82) is 0 Å². The molecule has 0 spiro atoms. The molecule has 1 atom stereocenters. The third kappa shape index (κ3) is 2.96. The zero-order valence-electron chi connectivity index (χ0n) is 11.6. The van der Waals surface area contributed by atoms with E-state index >= 15 is 0 Å². The van der Waals surface area contributed by atoms with Gasteiger partial charge in [-0.25, -0.2) is 9.48 Å². The fourth-order valence-corrected chi connectivity index (χ4v) is 2.15. The van der Waals surface area contributed by atoms with Crippen LogP contribution in [0.15, 0.2) is 6.20 Å². The topological polar surface area (TPSA) is 100 Å². The summed E-state index contributed by atoms with van der Waals surface area (Å²) >= 11 is 0. The standard InChI is InChI=1S/C12H19N5O3/c1-8(12(19)20)16(2)11(18)10-7-17(15-14-10)9-3-5-13-6-4-9/h7-9,13H,3-6H2,1-2H3,(H,19,20). The number of aromatic nitrogens is 3. The molecule has 2 N–H and O–H groups in total. The monoisotopic (exact) mass is 281 g/mol. The molecular formula is C12H19N5O3. The number of rotatable bonds is 4. The van der Waals surface area contributed by atoms with Crippen molar-refractivity contribution in [3.8, 4) is 0 Å². The zero-order valence-corrected chi connectivity index (χ0v) is 11.6. The minimum Gasteiger partial charge on any atom is -0.480 e. The van der Waals surface area contributed by atoms with Crippen LogP contribution < -0.4 is 5.32 Å². The predicted octanol–water partition coefficient (Wildman–Crippen LogP) is -0.252. The largest absolute Gasteiger partial charge is 0.480 e. The van der Waals surface area contributed by atoms with E-state index in [2.05, 4.69) is 15.6 Å². The summed E-state index contributed by atoms with van der Waals surface area (Å²) < 4.78 is 1.70. The molecule has 2 heterocycles. The minimum absolute atomic E-state index is 0.180. The average Bonchev–Trinajstić information content (AvgIpc) is 2.95. The number of piperidine rings is 1. The van der Waals surface area contributed by atoms with Gasteiger partial charge in [0, 0.05) is 7.05 Å². The Labute approximate surface area is 116 Å². The summed E-state index contributed by atoms with van der Waals surface area (Å²) in [6.07, 6.45) is 3.49. The molecule has 1 fully saturated rings. The Kier molecular flexibility index (Phi) is 4.33. The lowest BCUT2D eigenvalue weighted by atomic mass is 10.1. The molecule has 1 aromatic heterocycles. The number of carboxylic acid groups (broad SMARTS) is 1. The molecule has 1 aliphatic heterocycles. The lowest BCUT2D eigenvalue weighted by Gasteiger charge is -2.22. The Morgan fingerprint density at radius 1 is 1.50 bits per heavy atom. The number of carbonyl (C=O) groups excluding carboxylic acids is 1. The van der Waals surface area contributed by atoms with Crippen LogP contribution >= 0.6 is 0 Å². The molecule has 1 amide bonds. The van der Waals surface area contributed by atoms with Crippen molar-refractivity contribution in [1.82, 2.24) is 25.2 Å². The summed E-state index contributed by atoms with van der Waals surface area (Å²) in [6, 6.07) is -0.654. The van der Waals surface area contributed by atoms with Gasteiger partial charge in [-0.1, -0.05) is 5.21 Å². The molecule has 110 valence electrons. The Balaban J connectivity index is 2.07. The summed E-state index contributed by atoms with van der Waals surface area (Å²) in [5.41, 5.74) is 0.180. The number of hydrogen-bond donors (Lipinski definition) is 2. The molecule has 0 aliphatic carbocycles. The number of likely N-dealkylation sites (N-methyl/N-ethyl adjacent to an activating group) is 1. The van der Waals surface area contributed by atoms with E-state index in [0.29, 0.717) is 0 Å². The van der Waals surface area contributed by atoms with Crippen LogP contribution in [0.3, 0.4) is 0 Å². The molecule has 2 rings (SSSR count). The molecule has 1 saturated heterocycles. The van der Waals surface area contributed by atoms with E-state index < -0.39 is 17.9 Å². The number of nitrogens with one attached hydrogen (secondary N) is 1. The average molecular weight is 281 g/mol. The van der Waals surface area contributed by atoms with Gasteiger partial charge in [-0.3, -0.25) is 4.79 Å². The van der Waals surface area contributed by atoms with E-state index in [4.69, 9.17) is 5.11 Å². The molecule has 8 heteroatoms. The maximum Gasteiger partial charge on any atom is 0.326 e. The summed E-state index contributed by atoms with van der Waals surface area (Å²) in [4.78, 5) is 24.2. The second kappa shape index (κ2) is 6.00. The third-order valence-corrected chi connectivity index (χ3v) is 3.67. The summed E-state index contributed by atoms with van der Waals surface area (Å²) in [6.45, 7) is 3.30. The van der Waals surface area contributed by atoms with Crippen LogP contribution in [0, 0.1) is 0 Å². The minimum atomic E-state index is -1.05. The molecule has 0 radical (unpaired) electrons. The van der Waals surface area contributed by atoms with Crippen molar-refractivity contribution in [2.45, 2.75) is 31.8 Å². The number of amides is 1. The molecule has 8 nitrogen and oxygen atoms in total. The van der Waals surface area contributed by atoms with Crippen LogP contribution in [0.25, 0.3) is 0 Å². The van der Waals surface area contributed by atoms with Crippen molar-refractivity contribution in [3.05, 3.63) is 11.9 Å². The number of carbonyl (C=O) groups is 2. The SMILES string of the molecule is CC(C(=O)O)N(C)C(=O)c1cn(C2CCNCC2)nn1. The van der Waals surface area contributed by atoms with E-state index in [9.17, 15) is 9.59 Å². The van der Waals surface area contributed by atoms with Gasteiger partial charge in [-0.05, 0) is 32.9 Å². The molecule has 20 heavy (non-hydrogen) atoms. The van der Waals surface area contributed by atoms with Crippen LogP contribution in [-0.2, 0) is 4.79 Å². The van der Waals surface area contributed by atoms with E-state index in [1.54, 1.807) is 10.9 Å². The Morgan fingerprint density at radius 2 is 2.15 bits per heavy atom. The summed E-state index contributed by atoms with van der Waals surface area (Å²) in [7, 11) is 1.45. The summed E-state index contributed by atoms with van der Waals surface area (Å²) in [5.74, 6) is -1.48. The molecular weight excluding hydrogens is 262 g/mol. The Hall–Kier alpha value is -1.96. The van der Waals surface area contributed by atoms with Crippen LogP contribution in [-0.4, -0.2) is 63.1 Å². The lowest BCUT2D eigenvalue weighted by molar-refractivity contribution is -0.141. The first-order chi connectivity index (χ1) is 9.50. The molecule has 0 aromatic carbocycles. The molecule has 1 aromatic rings. The summed E-state index contributed by atoms with van der Waals surface area (Å²) in [5, 5.41) is 20.0. The van der Waals surface area contributed by atoms with Crippen LogP contribution in [0.4, 0.5) is 0 Å². The van der Waals surface area contributed by atoms with Gasteiger partial charge in [0.05, 0.1) is 12.2 Å². The van der Waals surface area contributed by atoms with Crippen LogP contribution in [0.2, 0.25) is 0 Å². The molecule has 0 bridgehead atoms. The second-order valence-corrected chi connectivity index (χ2v) is 5.00. The van der Waals surface area contributed by atoms with E-state index in [1.165, 1.54) is 14.0 Å². The van der Waals surface area contributed by atoms with Crippen molar-refractivity contribution in [2.24, 2.45) is 0 Å². The number of nitrogens with zero attached hydrogens (tertiary/aromatic N) is 4. The smallest absolute Gasteiger partial charge is 0.326 e. The fourth-order valence-electron chi connectivity index (χ4n) is 2.15. The highest BCUT2D eigenvalue weighted by Crippen LogP contribution is 2.17. The van der Waals surface area contributed by atoms with Gasteiger partial charge in [-0.2, -0.15) is 0 Å². The predicted molar refractivity (Wildman–Crippen MR) is 70.4 cm³/mol. The molecule has 0 saturated carbocycles. The first-order valence-corrected chi connectivity index (χ1v) is 6.63. The van der Waals surface area contributed by atoms with Gasteiger partial charge in [-0.15, -0.1) is 5.10 Å². The van der Waals surface area contributed by atoms with E-state index in [0.717, 1.165) is 30.8 Å². The Morgan fingerprint density at radius 3 is 2.75 bits per heavy atom. The maximum absolute atomic E-state index is 12.1. The van der Waals surface area contributed by atoms with Crippen LogP contribution in [0.5, 0.6) is 0 Å². The van der Waals surface area contributed by atoms with Gasteiger partial charge < -0.3 is 15.3 Å². The lowest BCUT2D eigenvalue weighted by Crippen LogP contribution is -2.40. The van der Waals surface area contributed by atoms with Crippen molar-refractivity contribution >= 4 is 11.9 Å². The second-order valence-electron chi connectivity index (χ2n) is 5.00. The maximum atomic E-state index is 12.1. The van der Waals surface area contributed by atoms with Crippen molar-refractivity contribution < 1.29 is 14.7 Å². The van der Waals surface area contributed by atoms with Gasteiger partial charge in [0.2, 0.25) is 0 Å².